The monoisotopic (exact) mass is 280 g/mol. The molecule has 0 saturated heterocycles. The third kappa shape index (κ3) is 4.13. The lowest BCUT2D eigenvalue weighted by Crippen LogP contribution is -2.41. The van der Waals surface area contributed by atoms with Crippen molar-refractivity contribution in [2.24, 2.45) is 0 Å². The average Bonchev–Trinajstić information content (AvgIpc) is 2.45. The third-order valence-corrected chi connectivity index (χ3v) is 4.02. The number of hydrogen-bond acceptors (Lipinski definition) is 2. The van der Waals surface area contributed by atoms with Crippen molar-refractivity contribution in [2.45, 2.75) is 38.1 Å². The molecule has 2 rings (SSSR count). The van der Waals surface area contributed by atoms with Crippen LogP contribution in [-0.2, 0) is 4.79 Å². The number of nitrogens with one attached hydrogen (secondary N) is 1. The summed E-state index contributed by atoms with van der Waals surface area (Å²) in [4.78, 5) is 14.0. The zero-order valence-electron chi connectivity index (χ0n) is 11.4. The summed E-state index contributed by atoms with van der Waals surface area (Å²) >= 11 is 5.91. The molecule has 0 bridgehead atoms. The van der Waals surface area contributed by atoms with E-state index in [9.17, 15) is 4.79 Å². The molecule has 1 fully saturated rings. The summed E-state index contributed by atoms with van der Waals surface area (Å²) in [6.07, 6.45) is 6.06. The van der Waals surface area contributed by atoms with Gasteiger partial charge in [-0.05, 0) is 31.0 Å². The van der Waals surface area contributed by atoms with Gasteiger partial charge in [-0.3, -0.25) is 4.79 Å². The Labute approximate surface area is 119 Å². The molecule has 1 aliphatic rings. The Morgan fingerprint density at radius 2 is 2.11 bits per heavy atom. The largest absolute Gasteiger partial charge is 0.376 e. The first-order valence-corrected chi connectivity index (χ1v) is 7.30. The van der Waals surface area contributed by atoms with Gasteiger partial charge in [0, 0.05) is 23.8 Å². The van der Waals surface area contributed by atoms with Gasteiger partial charge < -0.3 is 10.2 Å². The summed E-state index contributed by atoms with van der Waals surface area (Å²) in [6, 6.07) is 7.86. The number of amides is 1. The molecule has 0 radical (unpaired) electrons. The molecule has 1 aromatic carbocycles. The van der Waals surface area contributed by atoms with E-state index in [1.54, 1.807) is 0 Å². The van der Waals surface area contributed by atoms with Gasteiger partial charge in [-0.25, -0.2) is 0 Å². The minimum Gasteiger partial charge on any atom is -0.376 e. The van der Waals surface area contributed by atoms with Gasteiger partial charge in [0.25, 0.3) is 0 Å². The number of nitrogens with zero attached hydrogens (tertiary/aromatic N) is 1. The Balaban J connectivity index is 1.83. The number of carbonyl (C=O) groups is 1. The highest BCUT2D eigenvalue weighted by atomic mass is 35.5. The van der Waals surface area contributed by atoms with Crippen LogP contribution in [0.3, 0.4) is 0 Å². The number of rotatable bonds is 4. The van der Waals surface area contributed by atoms with E-state index < -0.39 is 0 Å². The molecule has 4 heteroatoms. The zero-order valence-corrected chi connectivity index (χ0v) is 12.1. The molecule has 0 atom stereocenters. The highest BCUT2D eigenvalue weighted by Crippen LogP contribution is 2.21. The van der Waals surface area contributed by atoms with Crippen LogP contribution < -0.4 is 5.32 Å². The maximum absolute atomic E-state index is 12.1. The minimum absolute atomic E-state index is 0.145. The molecule has 104 valence electrons. The fourth-order valence-corrected chi connectivity index (χ4v) is 2.76. The van der Waals surface area contributed by atoms with E-state index in [0.717, 1.165) is 18.5 Å². The molecular formula is C15H21ClN2O. The van der Waals surface area contributed by atoms with Gasteiger partial charge in [0.2, 0.25) is 5.91 Å². The van der Waals surface area contributed by atoms with Gasteiger partial charge in [0.1, 0.15) is 0 Å². The molecule has 1 aliphatic carbocycles. The van der Waals surface area contributed by atoms with Crippen molar-refractivity contribution in [1.82, 2.24) is 4.90 Å². The Hall–Kier alpha value is -1.22. The van der Waals surface area contributed by atoms with Crippen LogP contribution in [0, 0.1) is 0 Å². The first-order chi connectivity index (χ1) is 9.16. The smallest absolute Gasteiger partial charge is 0.241 e. The second-order valence-electron chi connectivity index (χ2n) is 5.16. The van der Waals surface area contributed by atoms with Crippen LogP contribution in [0.2, 0.25) is 5.02 Å². The van der Waals surface area contributed by atoms with E-state index in [1.807, 2.05) is 36.2 Å². The predicted molar refractivity (Wildman–Crippen MR) is 79.6 cm³/mol. The van der Waals surface area contributed by atoms with Crippen molar-refractivity contribution in [3.8, 4) is 0 Å². The summed E-state index contributed by atoms with van der Waals surface area (Å²) in [7, 11) is 1.91. The van der Waals surface area contributed by atoms with Gasteiger partial charge in [-0.1, -0.05) is 36.9 Å². The van der Waals surface area contributed by atoms with Crippen LogP contribution in [0.25, 0.3) is 0 Å². The number of carbonyl (C=O) groups excluding carboxylic acids is 1. The summed E-state index contributed by atoms with van der Waals surface area (Å²) in [5.41, 5.74) is 0.887. The van der Waals surface area contributed by atoms with Crippen molar-refractivity contribution in [2.75, 3.05) is 18.9 Å². The Kier molecular flexibility index (Phi) is 5.08. The molecular weight excluding hydrogens is 260 g/mol. The topological polar surface area (TPSA) is 32.3 Å². The summed E-state index contributed by atoms with van der Waals surface area (Å²) in [5.74, 6) is 0.145. The SMILES string of the molecule is CN(C(=O)CNc1cccc(Cl)c1)C1CCCCC1. The molecule has 1 aromatic rings. The lowest BCUT2D eigenvalue weighted by molar-refractivity contribution is -0.130. The zero-order chi connectivity index (χ0) is 13.7. The second-order valence-corrected chi connectivity index (χ2v) is 5.60. The normalized spacial score (nSPS) is 16.1. The number of anilines is 1. The van der Waals surface area contributed by atoms with E-state index in [1.165, 1.54) is 19.3 Å². The fraction of sp³-hybridized carbons (Fsp3) is 0.533. The van der Waals surface area contributed by atoms with E-state index >= 15 is 0 Å². The highest BCUT2D eigenvalue weighted by Gasteiger charge is 2.21. The Morgan fingerprint density at radius 1 is 1.37 bits per heavy atom. The van der Waals surface area contributed by atoms with E-state index in [-0.39, 0.29) is 5.91 Å². The first kappa shape index (κ1) is 14.2. The maximum atomic E-state index is 12.1. The summed E-state index contributed by atoms with van der Waals surface area (Å²) < 4.78 is 0. The standard InChI is InChI=1S/C15H21ClN2O/c1-18(14-8-3-2-4-9-14)15(19)11-17-13-7-5-6-12(16)10-13/h5-7,10,14,17H,2-4,8-9,11H2,1H3. The Morgan fingerprint density at radius 3 is 2.79 bits per heavy atom. The molecule has 19 heavy (non-hydrogen) atoms. The second kappa shape index (κ2) is 6.80. The molecule has 0 heterocycles. The van der Waals surface area contributed by atoms with Crippen LogP contribution >= 0.6 is 11.6 Å². The molecule has 1 amide bonds. The van der Waals surface area contributed by atoms with Crippen molar-refractivity contribution < 1.29 is 4.79 Å². The van der Waals surface area contributed by atoms with Crippen LogP contribution in [-0.4, -0.2) is 30.4 Å². The van der Waals surface area contributed by atoms with Gasteiger partial charge in [-0.15, -0.1) is 0 Å². The highest BCUT2D eigenvalue weighted by molar-refractivity contribution is 6.30. The predicted octanol–water partition coefficient (Wildman–Crippen LogP) is 3.54. The third-order valence-electron chi connectivity index (χ3n) is 3.78. The van der Waals surface area contributed by atoms with E-state index in [0.29, 0.717) is 17.6 Å². The van der Waals surface area contributed by atoms with E-state index in [2.05, 4.69) is 5.32 Å². The molecule has 1 N–H and O–H groups in total. The molecule has 0 unspecified atom stereocenters. The van der Waals surface area contributed by atoms with Crippen molar-refractivity contribution in [3.05, 3.63) is 29.3 Å². The molecule has 0 spiro atoms. The lowest BCUT2D eigenvalue weighted by Gasteiger charge is -2.31. The maximum Gasteiger partial charge on any atom is 0.241 e. The minimum atomic E-state index is 0.145. The quantitative estimate of drug-likeness (QED) is 0.915. The van der Waals surface area contributed by atoms with E-state index in [4.69, 9.17) is 11.6 Å². The van der Waals surface area contributed by atoms with Crippen molar-refractivity contribution >= 4 is 23.2 Å². The van der Waals surface area contributed by atoms with Gasteiger partial charge in [-0.2, -0.15) is 0 Å². The Bertz CT molecular complexity index is 430. The fourth-order valence-electron chi connectivity index (χ4n) is 2.57. The molecule has 0 aromatic heterocycles. The van der Waals surface area contributed by atoms with Crippen molar-refractivity contribution in [1.29, 1.82) is 0 Å². The van der Waals surface area contributed by atoms with Gasteiger partial charge in [0.15, 0.2) is 0 Å². The summed E-state index contributed by atoms with van der Waals surface area (Å²) in [5, 5.41) is 3.81. The first-order valence-electron chi connectivity index (χ1n) is 6.92. The number of halogens is 1. The van der Waals surface area contributed by atoms with Gasteiger partial charge >= 0.3 is 0 Å². The van der Waals surface area contributed by atoms with Crippen LogP contribution in [0.4, 0.5) is 5.69 Å². The van der Waals surface area contributed by atoms with Crippen molar-refractivity contribution in [3.63, 3.8) is 0 Å². The number of hydrogen-bond donors (Lipinski definition) is 1. The average molecular weight is 281 g/mol. The number of benzene rings is 1. The van der Waals surface area contributed by atoms with Gasteiger partial charge in [0.05, 0.1) is 6.54 Å². The number of likely N-dealkylation sites (N-methyl/N-ethyl adjacent to an activating group) is 1. The van der Waals surface area contributed by atoms with Crippen LogP contribution in [0.15, 0.2) is 24.3 Å². The summed E-state index contributed by atoms with van der Waals surface area (Å²) in [6.45, 7) is 0.327. The molecule has 1 saturated carbocycles. The van der Waals surface area contributed by atoms with Crippen LogP contribution in [0.5, 0.6) is 0 Å². The molecule has 0 aliphatic heterocycles. The lowest BCUT2D eigenvalue weighted by atomic mass is 9.94. The molecule has 3 nitrogen and oxygen atoms in total. The van der Waals surface area contributed by atoms with Crippen LogP contribution in [0.1, 0.15) is 32.1 Å².